The average molecular weight is 295 g/mol. The Bertz CT molecular complexity index is 651. The van der Waals surface area contributed by atoms with Crippen LogP contribution in [0.5, 0.6) is 0 Å². The van der Waals surface area contributed by atoms with Crippen molar-refractivity contribution in [2.24, 2.45) is 0 Å². The Morgan fingerprint density at radius 2 is 1.71 bits per heavy atom. The van der Waals surface area contributed by atoms with Gasteiger partial charge in [0.2, 0.25) is 0 Å². The molecule has 2 rings (SSSR count). The van der Waals surface area contributed by atoms with E-state index >= 15 is 0 Å². The minimum absolute atomic E-state index is 0.0566. The molecule has 1 N–H and O–H groups in total. The fourth-order valence-electron chi connectivity index (χ4n) is 2.13. The Morgan fingerprint density at radius 3 is 2.33 bits per heavy atom. The highest BCUT2D eigenvalue weighted by molar-refractivity contribution is 5.70. The first-order valence-corrected chi connectivity index (χ1v) is 6.60. The van der Waals surface area contributed by atoms with Crippen LogP contribution in [0.2, 0.25) is 0 Å². The van der Waals surface area contributed by atoms with E-state index in [9.17, 15) is 13.2 Å². The number of alkyl halides is 3. The van der Waals surface area contributed by atoms with Crippen LogP contribution in [-0.4, -0.2) is 16.7 Å². The second kappa shape index (κ2) is 5.71. The molecular formula is C15H16F3N3. The van der Waals surface area contributed by atoms with Crippen LogP contribution in [0.25, 0.3) is 11.3 Å². The molecule has 0 fully saturated rings. The van der Waals surface area contributed by atoms with Gasteiger partial charge in [-0.25, -0.2) is 0 Å². The Morgan fingerprint density at radius 1 is 1.05 bits per heavy atom. The molecule has 1 heterocycles. The van der Waals surface area contributed by atoms with Crippen LogP contribution in [0.4, 0.5) is 19.0 Å². The van der Waals surface area contributed by atoms with Crippen molar-refractivity contribution >= 4 is 5.82 Å². The fraction of sp³-hybridized carbons (Fsp3) is 0.333. The van der Waals surface area contributed by atoms with Gasteiger partial charge in [-0.05, 0) is 38.0 Å². The number of hydrogen-bond acceptors (Lipinski definition) is 3. The summed E-state index contributed by atoms with van der Waals surface area (Å²) in [5, 5.41) is 11.0. The molecule has 0 bridgehead atoms. The molecule has 0 saturated heterocycles. The lowest BCUT2D eigenvalue weighted by Gasteiger charge is -2.15. The van der Waals surface area contributed by atoms with E-state index in [0.29, 0.717) is 17.9 Å². The third kappa shape index (κ3) is 2.99. The van der Waals surface area contributed by atoms with Gasteiger partial charge >= 0.3 is 6.18 Å². The van der Waals surface area contributed by atoms with Gasteiger partial charge in [0.25, 0.3) is 0 Å². The number of hydrogen-bond donors (Lipinski definition) is 1. The molecule has 3 nitrogen and oxygen atoms in total. The maximum Gasteiger partial charge on any atom is 0.417 e. The van der Waals surface area contributed by atoms with Gasteiger partial charge in [0.15, 0.2) is 5.82 Å². The maximum absolute atomic E-state index is 13.1. The fourth-order valence-corrected chi connectivity index (χ4v) is 2.13. The molecule has 0 aliphatic carbocycles. The van der Waals surface area contributed by atoms with Gasteiger partial charge in [-0.3, -0.25) is 0 Å². The highest BCUT2D eigenvalue weighted by Gasteiger charge is 2.34. The van der Waals surface area contributed by atoms with Gasteiger partial charge in [-0.1, -0.05) is 18.2 Å². The molecule has 21 heavy (non-hydrogen) atoms. The summed E-state index contributed by atoms with van der Waals surface area (Å²) in [5.41, 5.74) is 1.12. The van der Waals surface area contributed by atoms with E-state index in [1.54, 1.807) is 13.0 Å². The summed E-state index contributed by atoms with van der Waals surface area (Å²) >= 11 is 0. The smallest absolute Gasteiger partial charge is 0.369 e. The summed E-state index contributed by atoms with van der Waals surface area (Å²) in [6.45, 7) is 6.17. The van der Waals surface area contributed by atoms with Crippen LogP contribution in [-0.2, 0) is 6.18 Å². The lowest BCUT2D eigenvalue weighted by atomic mass is 9.99. The second-order valence-corrected chi connectivity index (χ2v) is 4.72. The number of benzene rings is 1. The van der Waals surface area contributed by atoms with E-state index in [2.05, 4.69) is 15.5 Å². The van der Waals surface area contributed by atoms with Crippen molar-refractivity contribution in [3.8, 4) is 11.3 Å². The predicted octanol–water partition coefficient (Wildman–Crippen LogP) is 4.21. The van der Waals surface area contributed by atoms with Crippen molar-refractivity contribution < 1.29 is 13.2 Å². The second-order valence-electron chi connectivity index (χ2n) is 4.72. The molecule has 0 saturated carbocycles. The monoisotopic (exact) mass is 295 g/mol. The summed E-state index contributed by atoms with van der Waals surface area (Å²) in [4.78, 5) is 0. The van der Waals surface area contributed by atoms with E-state index in [4.69, 9.17) is 0 Å². The minimum Gasteiger partial charge on any atom is -0.369 e. The predicted molar refractivity (Wildman–Crippen MR) is 76.1 cm³/mol. The molecule has 0 aliphatic heterocycles. The first kappa shape index (κ1) is 15.3. The van der Waals surface area contributed by atoms with E-state index in [-0.39, 0.29) is 11.3 Å². The first-order chi connectivity index (χ1) is 9.86. The van der Waals surface area contributed by atoms with Gasteiger partial charge in [-0.15, -0.1) is 10.2 Å². The molecule has 1 aromatic heterocycles. The van der Waals surface area contributed by atoms with Crippen LogP contribution >= 0.6 is 0 Å². The zero-order valence-corrected chi connectivity index (χ0v) is 12.0. The maximum atomic E-state index is 13.1. The minimum atomic E-state index is -4.42. The molecule has 0 radical (unpaired) electrons. The van der Waals surface area contributed by atoms with Crippen LogP contribution in [0.1, 0.15) is 23.6 Å². The molecule has 1 aromatic carbocycles. The Balaban J connectivity index is 2.61. The molecule has 0 aliphatic rings. The largest absolute Gasteiger partial charge is 0.417 e. The Labute approximate surface area is 121 Å². The quantitative estimate of drug-likeness (QED) is 0.921. The van der Waals surface area contributed by atoms with Crippen molar-refractivity contribution in [1.82, 2.24) is 10.2 Å². The Hall–Kier alpha value is -2.11. The number of halogens is 3. The first-order valence-electron chi connectivity index (χ1n) is 6.60. The van der Waals surface area contributed by atoms with E-state index in [0.717, 1.165) is 11.6 Å². The van der Waals surface area contributed by atoms with Crippen LogP contribution in [0.3, 0.4) is 0 Å². The number of nitrogens with one attached hydrogen (secondary N) is 1. The van der Waals surface area contributed by atoms with Crippen LogP contribution in [0.15, 0.2) is 24.3 Å². The van der Waals surface area contributed by atoms with Gasteiger partial charge in [0, 0.05) is 12.1 Å². The summed E-state index contributed by atoms with van der Waals surface area (Å²) in [6.07, 6.45) is -4.42. The topological polar surface area (TPSA) is 37.8 Å². The number of anilines is 1. The number of rotatable bonds is 3. The zero-order valence-electron chi connectivity index (χ0n) is 12.0. The van der Waals surface area contributed by atoms with Crippen molar-refractivity contribution in [3.63, 3.8) is 0 Å². The molecule has 112 valence electrons. The van der Waals surface area contributed by atoms with Crippen molar-refractivity contribution in [1.29, 1.82) is 0 Å². The van der Waals surface area contributed by atoms with Gasteiger partial charge < -0.3 is 5.32 Å². The van der Waals surface area contributed by atoms with Gasteiger partial charge in [-0.2, -0.15) is 13.2 Å². The SMILES string of the molecule is CCNc1nnc(-c2ccccc2C(F)(F)F)c(C)c1C. The summed E-state index contributed by atoms with van der Waals surface area (Å²) in [6, 6.07) is 5.42. The molecule has 6 heteroatoms. The number of nitrogens with zero attached hydrogens (tertiary/aromatic N) is 2. The molecular weight excluding hydrogens is 279 g/mol. The van der Waals surface area contributed by atoms with Crippen molar-refractivity contribution in [3.05, 3.63) is 41.0 Å². The van der Waals surface area contributed by atoms with Crippen molar-refractivity contribution in [2.75, 3.05) is 11.9 Å². The third-order valence-electron chi connectivity index (χ3n) is 3.35. The highest BCUT2D eigenvalue weighted by Crippen LogP contribution is 2.37. The lowest BCUT2D eigenvalue weighted by molar-refractivity contribution is -0.137. The molecule has 2 aromatic rings. The summed E-state index contributed by atoms with van der Waals surface area (Å²) in [7, 11) is 0. The zero-order chi connectivity index (χ0) is 15.6. The van der Waals surface area contributed by atoms with Crippen molar-refractivity contribution in [2.45, 2.75) is 26.9 Å². The molecule has 0 spiro atoms. The summed E-state index contributed by atoms with van der Waals surface area (Å²) in [5.74, 6) is 0.600. The third-order valence-corrected chi connectivity index (χ3v) is 3.35. The summed E-state index contributed by atoms with van der Waals surface area (Å²) < 4.78 is 39.3. The molecule has 0 unspecified atom stereocenters. The van der Waals surface area contributed by atoms with E-state index in [1.165, 1.54) is 12.1 Å². The van der Waals surface area contributed by atoms with Gasteiger partial charge in [0.1, 0.15) is 0 Å². The van der Waals surface area contributed by atoms with Gasteiger partial charge in [0.05, 0.1) is 11.3 Å². The molecule has 0 atom stereocenters. The number of aromatic nitrogens is 2. The highest BCUT2D eigenvalue weighted by atomic mass is 19.4. The normalized spacial score (nSPS) is 11.5. The van der Waals surface area contributed by atoms with Crippen LogP contribution in [0, 0.1) is 13.8 Å². The average Bonchev–Trinajstić information content (AvgIpc) is 2.43. The Kier molecular flexibility index (Phi) is 4.16. The van der Waals surface area contributed by atoms with E-state index in [1.807, 2.05) is 13.8 Å². The van der Waals surface area contributed by atoms with E-state index < -0.39 is 11.7 Å². The standard InChI is InChI=1S/C15H16F3N3/c1-4-19-14-10(3)9(2)13(20-21-14)11-7-5-6-8-12(11)15(16,17)18/h5-8H,4H2,1-3H3,(H,19,21). The van der Waals surface area contributed by atoms with Crippen LogP contribution < -0.4 is 5.32 Å². The lowest BCUT2D eigenvalue weighted by Crippen LogP contribution is -2.10. The molecule has 0 amide bonds.